The van der Waals surface area contributed by atoms with Crippen molar-refractivity contribution in [2.24, 2.45) is 5.92 Å². The topological polar surface area (TPSA) is 81.2 Å². The number of halogens is 2. The number of likely N-dealkylation sites (tertiary alicyclic amines) is 1. The van der Waals surface area contributed by atoms with Crippen LogP contribution in [-0.4, -0.2) is 52.6 Å². The highest BCUT2D eigenvalue weighted by Gasteiger charge is 2.19. The summed E-state index contributed by atoms with van der Waals surface area (Å²) in [5.74, 6) is 6.42. The first-order valence-corrected chi connectivity index (χ1v) is 12.5. The van der Waals surface area contributed by atoms with Gasteiger partial charge in [0.05, 0.1) is 18.6 Å². The van der Waals surface area contributed by atoms with Crippen LogP contribution in [0.15, 0.2) is 59.7 Å². The molecule has 0 spiro atoms. The predicted molar refractivity (Wildman–Crippen MR) is 140 cm³/mol. The number of nitrogens with zero attached hydrogens (tertiary/aromatic N) is 2. The molecule has 0 radical (unpaired) electrons. The third kappa shape index (κ3) is 7.72. The summed E-state index contributed by atoms with van der Waals surface area (Å²) >= 11 is 0. The fourth-order valence-corrected chi connectivity index (χ4v) is 4.59. The zero-order valence-electron chi connectivity index (χ0n) is 20.9. The quantitative estimate of drug-likeness (QED) is 0.384. The summed E-state index contributed by atoms with van der Waals surface area (Å²) in [6.45, 7) is 5.38. The molecular formula is C29H32F2N4O2. The molecule has 1 unspecified atom stereocenters. The van der Waals surface area contributed by atoms with Crippen LogP contribution in [0.25, 0.3) is 0 Å². The van der Waals surface area contributed by atoms with Gasteiger partial charge in [-0.15, -0.1) is 0 Å². The van der Waals surface area contributed by atoms with Gasteiger partial charge in [0.25, 0.3) is 12.0 Å². The number of hydrogen-bond acceptors (Lipinski definition) is 5. The number of aromatic amines is 1. The SMILES string of the molecule is C[C@H]1CCN(Cc2ccc(C#Cc3ccc(C(CNCC(F)F)Cc4nc[nH]c(=O)c4O)cc3)cc2)C1. The van der Waals surface area contributed by atoms with Gasteiger partial charge in [-0.1, -0.05) is 43.0 Å². The first kappa shape index (κ1) is 26.5. The van der Waals surface area contributed by atoms with E-state index in [0.717, 1.165) is 42.2 Å². The van der Waals surface area contributed by atoms with Crippen molar-refractivity contribution in [3.63, 3.8) is 0 Å². The lowest BCUT2D eigenvalue weighted by molar-refractivity contribution is 0.145. The Morgan fingerprint density at radius 3 is 2.41 bits per heavy atom. The largest absolute Gasteiger partial charge is 0.502 e. The van der Waals surface area contributed by atoms with Gasteiger partial charge in [0.15, 0.2) is 0 Å². The Labute approximate surface area is 215 Å². The zero-order chi connectivity index (χ0) is 26.2. The summed E-state index contributed by atoms with van der Waals surface area (Å²) in [6, 6.07) is 15.9. The van der Waals surface area contributed by atoms with Crippen LogP contribution in [0.1, 0.15) is 47.2 Å². The van der Waals surface area contributed by atoms with Crippen molar-refractivity contribution in [3.8, 4) is 17.6 Å². The number of aromatic hydroxyl groups is 1. The molecule has 0 saturated carbocycles. The van der Waals surface area contributed by atoms with E-state index in [0.29, 0.717) is 0 Å². The van der Waals surface area contributed by atoms with E-state index in [4.69, 9.17) is 0 Å². The van der Waals surface area contributed by atoms with Crippen molar-refractivity contribution in [1.82, 2.24) is 20.2 Å². The minimum atomic E-state index is -2.47. The van der Waals surface area contributed by atoms with Gasteiger partial charge in [-0.05, 0) is 54.3 Å². The summed E-state index contributed by atoms with van der Waals surface area (Å²) in [4.78, 5) is 20.6. The average Bonchev–Trinajstić information content (AvgIpc) is 3.30. The van der Waals surface area contributed by atoms with Crippen LogP contribution < -0.4 is 10.9 Å². The number of aromatic nitrogens is 2. The maximum absolute atomic E-state index is 12.7. The normalized spacial score (nSPS) is 16.5. The first-order valence-electron chi connectivity index (χ1n) is 12.5. The van der Waals surface area contributed by atoms with Crippen LogP contribution in [-0.2, 0) is 13.0 Å². The molecule has 2 aromatic carbocycles. The van der Waals surface area contributed by atoms with Gasteiger partial charge in [0, 0.05) is 43.1 Å². The summed E-state index contributed by atoms with van der Waals surface area (Å²) in [7, 11) is 0. The van der Waals surface area contributed by atoms with E-state index >= 15 is 0 Å². The Balaban J connectivity index is 1.42. The molecular weight excluding hydrogens is 474 g/mol. The second kappa shape index (κ2) is 12.6. The minimum Gasteiger partial charge on any atom is -0.502 e. The Morgan fingerprint density at radius 1 is 1.11 bits per heavy atom. The molecule has 8 heteroatoms. The third-order valence-corrected chi connectivity index (χ3v) is 6.63. The molecule has 1 aromatic heterocycles. The van der Waals surface area contributed by atoms with E-state index in [1.807, 2.05) is 36.4 Å². The highest BCUT2D eigenvalue weighted by Crippen LogP contribution is 2.23. The molecule has 6 nitrogen and oxygen atoms in total. The molecule has 1 fully saturated rings. The monoisotopic (exact) mass is 506 g/mol. The fourth-order valence-electron chi connectivity index (χ4n) is 4.59. The summed E-state index contributed by atoms with van der Waals surface area (Å²) < 4.78 is 25.3. The Bertz CT molecular complexity index is 1280. The summed E-state index contributed by atoms with van der Waals surface area (Å²) in [6.07, 6.45) is 0.238. The summed E-state index contributed by atoms with van der Waals surface area (Å²) in [5.41, 5.74) is 3.52. The smallest absolute Gasteiger partial charge is 0.293 e. The Hall–Kier alpha value is -3.54. The highest BCUT2D eigenvalue weighted by molar-refractivity contribution is 5.44. The van der Waals surface area contributed by atoms with Gasteiger partial charge in [0.1, 0.15) is 0 Å². The predicted octanol–water partition coefficient (Wildman–Crippen LogP) is 3.90. The van der Waals surface area contributed by atoms with Crippen LogP contribution in [0.3, 0.4) is 0 Å². The Morgan fingerprint density at radius 2 is 1.78 bits per heavy atom. The van der Waals surface area contributed by atoms with E-state index < -0.39 is 24.3 Å². The molecule has 37 heavy (non-hydrogen) atoms. The zero-order valence-corrected chi connectivity index (χ0v) is 20.9. The maximum Gasteiger partial charge on any atom is 0.293 e. The van der Waals surface area contributed by atoms with Crippen molar-refractivity contribution in [3.05, 3.63) is 93.2 Å². The molecule has 1 saturated heterocycles. The van der Waals surface area contributed by atoms with Crippen LogP contribution in [0.5, 0.6) is 5.75 Å². The van der Waals surface area contributed by atoms with E-state index in [-0.39, 0.29) is 24.6 Å². The van der Waals surface area contributed by atoms with Crippen LogP contribution in [0.4, 0.5) is 8.78 Å². The second-order valence-electron chi connectivity index (χ2n) is 9.68. The number of hydrogen-bond donors (Lipinski definition) is 3. The molecule has 194 valence electrons. The van der Waals surface area contributed by atoms with Crippen LogP contribution in [0.2, 0.25) is 0 Å². The number of alkyl halides is 2. The highest BCUT2D eigenvalue weighted by atomic mass is 19.3. The van der Waals surface area contributed by atoms with Gasteiger partial charge >= 0.3 is 0 Å². The molecule has 3 aromatic rings. The first-order chi connectivity index (χ1) is 17.9. The van der Waals surface area contributed by atoms with Crippen molar-refractivity contribution in [2.75, 3.05) is 26.2 Å². The lowest BCUT2D eigenvalue weighted by Crippen LogP contribution is -2.28. The standard InChI is InChI=1S/C29H32F2N4O2/c1-20-12-13-35(17-20)18-23-6-4-21(5-7-23)2-3-22-8-10-24(11-9-22)25(15-32-16-27(30)31)14-26-28(36)29(37)34-19-33-26/h4-11,19-20,25,27,32,36H,12-18H2,1H3,(H,33,34,37)/t20-,25?/m0/s1. The van der Waals surface area contributed by atoms with Crippen LogP contribution in [0, 0.1) is 17.8 Å². The molecule has 1 aliphatic rings. The number of rotatable bonds is 9. The van der Waals surface area contributed by atoms with Crippen molar-refractivity contribution < 1.29 is 13.9 Å². The van der Waals surface area contributed by atoms with E-state index in [9.17, 15) is 18.7 Å². The Kier molecular flexibility index (Phi) is 9.04. The molecule has 0 amide bonds. The minimum absolute atomic E-state index is 0.221. The molecule has 0 bridgehead atoms. The second-order valence-corrected chi connectivity index (χ2v) is 9.68. The van der Waals surface area contributed by atoms with Crippen LogP contribution >= 0.6 is 0 Å². The number of benzene rings is 2. The average molecular weight is 507 g/mol. The lowest BCUT2D eigenvalue weighted by atomic mass is 9.93. The van der Waals surface area contributed by atoms with Gasteiger partial charge in [-0.25, -0.2) is 13.8 Å². The van der Waals surface area contributed by atoms with Gasteiger partial charge < -0.3 is 15.4 Å². The molecule has 2 atom stereocenters. The molecule has 4 rings (SSSR count). The van der Waals surface area contributed by atoms with E-state index in [1.54, 1.807) is 0 Å². The van der Waals surface area contributed by atoms with Crippen molar-refractivity contribution >= 4 is 0 Å². The van der Waals surface area contributed by atoms with Crippen molar-refractivity contribution in [2.45, 2.75) is 38.7 Å². The molecule has 0 aliphatic carbocycles. The number of H-pyrrole nitrogens is 1. The third-order valence-electron chi connectivity index (χ3n) is 6.63. The fraction of sp³-hybridized carbons (Fsp3) is 0.379. The lowest BCUT2D eigenvalue weighted by Gasteiger charge is -2.18. The summed E-state index contributed by atoms with van der Waals surface area (Å²) in [5, 5.41) is 12.8. The maximum atomic E-state index is 12.7. The molecule has 2 heterocycles. The van der Waals surface area contributed by atoms with Crippen molar-refractivity contribution in [1.29, 1.82) is 0 Å². The van der Waals surface area contributed by atoms with Gasteiger partial charge in [-0.2, -0.15) is 0 Å². The van der Waals surface area contributed by atoms with E-state index in [1.165, 1.54) is 18.3 Å². The number of nitrogens with one attached hydrogen (secondary N) is 2. The van der Waals surface area contributed by atoms with Gasteiger partial charge in [-0.3, -0.25) is 9.69 Å². The molecule has 1 aliphatic heterocycles. The van der Waals surface area contributed by atoms with Gasteiger partial charge in [0.2, 0.25) is 5.75 Å². The molecule has 3 N–H and O–H groups in total. The van der Waals surface area contributed by atoms with E-state index in [2.05, 4.69) is 51.1 Å².